The van der Waals surface area contributed by atoms with E-state index in [0.717, 1.165) is 19.4 Å². The predicted molar refractivity (Wildman–Crippen MR) is 99.5 cm³/mol. The number of benzene rings is 1. The van der Waals surface area contributed by atoms with Gasteiger partial charge < -0.3 is 20.3 Å². The topological polar surface area (TPSA) is 53.6 Å². The first kappa shape index (κ1) is 23.7. The quantitative estimate of drug-likeness (QED) is 0.659. The van der Waals surface area contributed by atoms with Crippen LogP contribution in [0.2, 0.25) is 0 Å². The number of hydrogen-bond acceptors (Lipinski definition) is 4. The molecule has 1 aromatic carbocycles. The van der Waals surface area contributed by atoms with Crippen molar-refractivity contribution in [1.82, 2.24) is 10.6 Å². The molecule has 5 nitrogen and oxygen atoms in total. The SMILES string of the molecule is CNCCCC(=O)NC1CCN(c2ccccc2OC(F)F)C1.Cl.Cl. The number of anilines is 1. The minimum Gasteiger partial charge on any atom is -0.433 e. The van der Waals surface area contributed by atoms with Crippen LogP contribution in [0.15, 0.2) is 24.3 Å². The third kappa shape index (κ3) is 7.63. The molecular formula is C16H25Cl2F2N3O2. The van der Waals surface area contributed by atoms with Crippen molar-refractivity contribution in [1.29, 1.82) is 0 Å². The summed E-state index contributed by atoms with van der Waals surface area (Å²) in [6.45, 7) is -0.740. The lowest BCUT2D eigenvalue weighted by molar-refractivity contribution is -0.121. The zero-order valence-electron chi connectivity index (χ0n) is 14.0. The molecule has 0 aliphatic carbocycles. The number of halogens is 4. The summed E-state index contributed by atoms with van der Waals surface area (Å²) >= 11 is 0. The molecule has 0 radical (unpaired) electrons. The molecule has 0 aromatic heterocycles. The molecular weight excluding hydrogens is 375 g/mol. The van der Waals surface area contributed by atoms with Crippen LogP contribution in [0, 0.1) is 0 Å². The second kappa shape index (κ2) is 12.1. The van der Waals surface area contributed by atoms with Gasteiger partial charge in [-0.25, -0.2) is 0 Å². The Kier molecular flexibility index (Phi) is 11.5. The first-order chi connectivity index (χ1) is 11.1. The summed E-state index contributed by atoms with van der Waals surface area (Å²) in [5.74, 6) is 0.202. The molecule has 2 N–H and O–H groups in total. The lowest BCUT2D eigenvalue weighted by Crippen LogP contribution is -2.37. The number of rotatable bonds is 8. The summed E-state index contributed by atoms with van der Waals surface area (Å²) in [6, 6.07) is 6.78. The van der Waals surface area contributed by atoms with Crippen molar-refractivity contribution in [3.05, 3.63) is 24.3 Å². The Labute approximate surface area is 159 Å². The van der Waals surface area contributed by atoms with E-state index in [0.29, 0.717) is 25.2 Å². The summed E-state index contributed by atoms with van der Waals surface area (Å²) in [6.07, 6.45) is 2.08. The Hall–Kier alpha value is -1.31. The molecule has 1 saturated heterocycles. The van der Waals surface area contributed by atoms with Gasteiger partial charge in [-0.3, -0.25) is 4.79 Å². The van der Waals surface area contributed by atoms with Gasteiger partial charge in [-0.05, 0) is 38.6 Å². The third-order valence-electron chi connectivity index (χ3n) is 3.81. The number of para-hydroxylation sites is 2. The summed E-state index contributed by atoms with van der Waals surface area (Å²) in [5.41, 5.74) is 0.639. The summed E-state index contributed by atoms with van der Waals surface area (Å²) < 4.78 is 29.5. The molecule has 1 unspecified atom stereocenters. The molecule has 1 amide bonds. The fraction of sp³-hybridized carbons (Fsp3) is 0.562. The van der Waals surface area contributed by atoms with Gasteiger partial charge in [-0.2, -0.15) is 8.78 Å². The van der Waals surface area contributed by atoms with E-state index in [-0.39, 0.29) is 42.5 Å². The van der Waals surface area contributed by atoms with Gasteiger partial charge in [0.25, 0.3) is 0 Å². The van der Waals surface area contributed by atoms with Crippen LogP contribution in [-0.4, -0.2) is 45.2 Å². The lowest BCUT2D eigenvalue weighted by Gasteiger charge is -2.22. The Morgan fingerprint density at radius 2 is 2.08 bits per heavy atom. The number of hydrogen-bond donors (Lipinski definition) is 2. The molecule has 1 atom stereocenters. The maximum absolute atomic E-state index is 12.5. The highest BCUT2D eigenvalue weighted by Gasteiger charge is 2.26. The van der Waals surface area contributed by atoms with Crippen molar-refractivity contribution in [2.75, 3.05) is 31.6 Å². The van der Waals surface area contributed by atoms with E-state index in [1.54, 1.807) is 18.2 Å². The van der Waals surface area contributed by atoms with Crippen LogP contribution in [0.4, 0.5) is 14.5 Å². The molecule has 2 rings (SSSR count). The average molecular weight is 400 g/mol. The molecule has 1 aromatic rings. The second-order valence-electron chi connectivity index (χ2n) is 5.55. The van der Waals surface area contributed by atoms with Gasteiger partial charge in [-0.15, -0.1) is 24.8 Å². The molecule has 0 spiro atoms. The molecule has 25 heavy (non-hydrogen) atoms. The minimum absolute atomic E-state index is 0. The van der Waals surface area contributed by atoms with E-state index in [4.69, 9.17) is 0 Å². The number of carbonyl (C=O) groups excluding carboxylic acids is 1. The van der Waals surface area contributed by atoms with Crippen molar-refractivity contribution in [2.45, 2.75) is 31.9 Å². The normalized spacial score (nSPS) is 16.2. The molecule has 1 heterocycles. The van der Waals surface area contributed by atoms with Crippen LogP contribution in [0.25, 0.3) is 0 Å². The average Bonchev–Trinajstić information content (AvgIpc) is 2.95. The Balaban J connectivity index is 0.00000288. The van der Waals surface area contributed by atoms with Crippen LogP contribution < -0.4 is 20.3 Å². The fourth-order valence-electron chi connectivity index (χ4n) is 2.74. The van der Waals surface area contributed by atoms with Gasteiger partial charge in [0.15, 0.2) is 0 Å². The Morgan fingerprint density at radius 1 is 1.36 bits per heavy atom. The van der Waals surface area contributed by atoms with E-state index < -0.39 is 6.61 Å². The standard InChI is InChI=1S/C16H23F2N3O2.2ClH/c1-19-9-4-7-15(22)20-12-8-10-21(11-12)13-5-2-3-6-14(13)23-16(17)18;;/h2-3,5-6,12,16,19H,4,7-11H2,1H3,(H,20,22);2*1H. The van der Waals surface area contributed by atoms with Crippen LogP contribution in [0.5, 0.6) is 5.75 Å². The van der Waals surface area contributed by atoms with Gasteiger partial charge in [0, 0.05) is 25.6 Å². The lowest BCUT2D eigenvalue weighted by atomic mass is 10.2. The van der Waals surface area contributed by atoms with Gasteiger partial charge in [-0.1, -0.05) is 12.1 Å². The van der Waals surface area contributed by atoms with Crippen LogP contribution >= 0.6 is 24.8 Å². The molecule has 9 heteroatoms. The summed E-state index contributed by atoms with van der Waals surface area (Å²) in [7, 11) is 1.85. The molecule has 1 fully saturated rings. The van der Waals surface area contributed by atoms with E-state index in [1.807, 2.05) is 11.9 Å². The van der Waals surface area contributed by atoms with Crippen molar-refractivity contribution >= 4 is 36.4 Å². The first-order valence-corrected chi connectivity index (χ1v) is 7.83. The van der Waals surface area contributed by atoms with Crippen molar-refractivity contribution in [2.24, 2.45) is 0 Å². The van der Waals surface area contributed by atoms with Crippen LogP contribution in [-0.2, 0) is 4.79 Å². The number of ether oxygens (including phenoxy) is 1. The number of nitrogens with zero attached hydrogens (tertiary/aromatic N) is 1. The van der Waals surface area contributed by atoms with E-state index in [2.05, 4.69) is 15.4 Å². The maximum Gasteiger partial charge on any atom is 0.387 e. The first-order valence-electron chi connectivity index (χ1n) is 7.83. The second-order valence-corrected chi connectivity index (χ2v) is 5.55. The zero-order valence-corrected chi connectivity index (χ0v) is 15.7. The Morgan fingerprint density at radius 3 is 2.76 bits per heavy atom. The minimum atomic E-state index is -2.85. The van der Waals surface area contributed by atoms with Crippen LogP contribution in [0.3, 0.4) is 0 Å². The number of nitrogens with one attached hydrogen (secondary N) is 2. The highest BCUT2D eigenvalue weighted by molar-refractivity contribution is 5.85. The third-order valence-corrected chi connectivity index (χ3v) is 3.81. The molecule has 0 bridgehead atoms. The zero-order chi connectivity index (χ0) is 16.7. The highest BCUT2D eigenvalue weighted by Crippen LogP contribution is 2.31. The predicted octanol–water partition coefficient (Wildman–Crippen LogP) is 2.83. The highest BCUT2D eigenvalue weighted by atomic mass is 35.5. The summed E-state index contributed by atoms with van der Waals surface area (Å²) in [5, 5.41) is 6.00. The smallest absolute Gasteiger partial charge is 0.387 e. The van der Waals surface area contributed by atoms with Crippen LogP contribution in [0.1, 0.15) is 19.3 Å². The number of amides is 1. The Bertz CT molecular complexity index is 524. The van der Waals surface area contributed by atoms with Gasteiger partial charge in [0.1, 0.15) is 5.75 Å². The van der Waals surface area contributed by atoms with Gasteiger partial charge in [0.2, 0.25) is 5.91 Å². The molecule has 1 aliphatic heterocycles. The van der Waals surface area contributed by atoms with Gasteiger partial charge in [0.05, 0.1) is 5.69 Å². The number of alkyl halides is 2. The van der Waals surface area contributed by atoms with E-state index >= 15 is 0 Å². The fourth-order valence-corrected chi connectivity index (χ4v) is 2.74. The monoisotopic (exact) mass is 399 g/mol. The molecule has 1 aliphatic rings. The maximum atomic E-state index is 12.5. The van der Waals surface area contributed by atoms with Crippen molar-refractivity contribution in [3.8, 4) is 5.75 Å². The molecule has 144 valence electrons. The summed E-state index contributed by atoms with van der Waals surface area (Å²) in [4.78, 5) is 13.8. The number of carbonyl (C=O) groups is 1. The molecule has 0 saturated carbocycles. The van der Waals surface area contributed by atoms with Crippen molar-refractivity contribution < 1.29 is 18.3 Å². The van der Waals surface area contributed by atoms with Gasteiger partial charge >= 0.3 is 6.61 Å². The largest absolute Gasteiger partial charge is 0.433 e. The van der Waals surface area contributed by atoms with Crippen molar-refractivity contribution in [3.63, 3.8) is 0 Å². The van der Waals surface area contributed by atoms with E-state index in [9.17, 15) is 13.6 Å². The van der Waals surface area contributed by atoms with E-state index in [1.165, 1.54) is 6.07 Å².